The van der Waals surface area contributed by atoms with E-state index in [9.17, 15) is 4.79 Å². The zero-order chi connectivity index (χ0) is 21.8. The Morgan fingerprint density at radius 1 is 1.06 bits per heavy atom. The number of piperidine rings is 1. The van der Waals surface area contributed by atoms with Crippen LogP contribution in [0.15, 0.2) is 67.1 Å². The van der Waals surface area contributed by atoms with Crippen LogP contribution in [-0.2, 0) is 17.8 Å². The summed E-state index contributed by atoms with van der Waals surface area (Å²) in [5.41, 5.74) is 5.42. The number of hydrogen-bond acceptors (Lipinski definition) is 3. The molecule has 1 saturated heterocycles. The highest BCUT2D eigenvalue weighted by Gasteiger charge is 2.23. The van der Waals surface area contributed by atoms with Crippen LogP contribution in [0.5, 0.6) is 0 Å². The maximum Gasteiger partial charge on any atom is 0.222 e. The predicted octanol–water partition coefficient (Wildman–Crippen LogP) is 4.69. The largest absolute Gasteiger partial charge is 0.346 e. The minimum absolute atomic E-state index is 0.307. The summed E-state index contributed by atoms with van der Waals surface area (Å²) < 4.78 is 2.31. The maximum absolute atomic E-state index is 12.6. The molecule has 0 aliphatic carbocycles. The van der Waals surface area contributed by atoms with E-state index in [0.717, 1.165) is 67.6 Å². The molecule has 1 aromatic carbocycles. The van der Waals surface area contributed by atoms with Gasteiger partial charge in [-0.25, -0.2) is 4.98 Å². The van der Waals surface area contributed by atoms with Crippen molar-refractivity contribution in [3.05, 3.63) is 72.7 Å². The predicted molar refractivity (Wildman–Crippen MR) is 126 cm³/mol. The molecule has 3 aromatic heterocycles. The molecule has 1 fully saturated rings. The van der Waals surface area contributed by atoms with Gasteiger partial charge in [-0.15, -0.1) is 0 Å². The third-order valence-corrected chi connectivity index (χ3v) is 6.54. The highest BCUT2D eigenvalue weighted by Crippen LogP contribution is 2.25. The molecule has 1 amide bonds. The fourth-order valence-corrected chi connectivity index (χ4v) is 4.67. The van der Waals surface area contributed by atoms with Crippen LogP contribution in [0.1, 0.15) is 31.2 Å². The van der Waals surface area contributed by atoms with Crippen molar-refractivity contribution in [3.63, 3.8) is 0 Å². The van der Waals surface area contributed by atoms with Crippen molar-refractivity contribution in [2.45, 2.75) is 38.6 Å². The van der Waals surface area contributed by atoms with E-state index in [0.29, 0.717) is 18.2 Å². The van der Waals surface area contributed by atoms with Gasteiger partial charge in [0.2, 0.25) is 5.91 Å². The summed E-state index contributed by atoms with van der Waals surface area (Å²) in [7, 11) is 0. The SMILES string of the molecule is O=C(CCCc1ccccc1)N1CCC(Cn2ccc3nc(-c4cn[nH]c4)ccc32)CC1. The lowest BCUT2D eigenvalue weighted by atomic mass is 9.96. The Morgan fingerprint density at radius 2 is 1.91 bits per heavy atom. The van der Waals surface area contributed by atoms with E-state index in [2.05, 4.69) is 68.3 Å². The number of aryl methyl sites for hydroxylation is 1. The number of aromatic nitrogens is 4. The van der Waals surface area contributed by atoms with Gasteiger partial charge in [0, 0.05) is 44.0 Å². The molecule has 32 heavy (non-hydrogen) atoms. The van der Waals surface area contributed by atoms with Crippen molar-refractivity contribution in [1.29, 1.82) is 0 Å². The Kier molecular flexibility index (Phi) is 6.01. The molecular formula is C26H29N5O. The standard InChI is InChI=1S/C26H29N5O/c32-26(8-4-7-20-5-2-1-3-6-20)30-14-11-21(12-15-30)19-31-16-13-24-25(31)10-9-23(29-24)22-17-27-28-18-22/h1-3,5-6,9-10,13,16-18,21H,4,7-8,11-12,14-15,19H2,(H,27,28). The number of carbonyl (C=O) groups excluding carboxylic acids is 1. The summed E-state index contributed by atoms with van der Waals surface area (Å²) in [4.78, 5) is 19.5. The summed E-state index contributed by atoms with van der Waals surface area (Å²) >= 11 is 0. The number of pyridine rings is 1. The summed E-state index contributed by atoms with van der Waals surface area (Å²) in [5, 5.41) is 6.85. The van der Waals surface area contributed by atoms with Gasteiger partial charge >= 0.3 is 0 Å². The smallest absolute Gasteiger partial charge is 0.222 e. The van der Waals surface area contributed by atoms with Crippen molar-refractivity contribution in [2.24, 2.45) is 5.92 Å². The van der Waals surface area contributed by atoms with Gasteiger partial charge in [-0.05, 0) is 55.4 Å². The number of hydrogen-bond donors (Lipinski definition) is 1. The molecule has 164 valence electrons. The van der Waals surface area contributed by atoms with E-state index in [-0.39, 0.29) is 0 Å². The van der Waals surface area contributed by atoms with Crippen LogP contribution in [0, 0.1) is 5.92 Å². The van der Waals surface area contributed by atoms with Crippen LogP contribution >= 0.6 is 0 Å². The number of carbonyl (C=O) groups is 1. The first-order valence-corrected chi connectivity index (χ1v) is 11.5. The minimum Gasteiger partial charge on any atom is -0.346 e. The van der Waals surface area contributed by atoms with E-state index >= 15 is 0 Å². The lowest BCUT2D eigenvalue weighted by molar-refractivity contribution is -0.132. The topological polar surface area (TPSA) is 66.8 Å². The fraction of sp³-hybridized carbons (Fsp3) is 0.346. The molecule has 0 atom stereocenters. The second-order valence-electron chi connectivity index (χ2n) is 8.72. The number of fused-ring (bicyclic) bond motifs is 1. The normalized spacial score (nSPS) is 14.8. The number of rotatable bonds is 7. The Labute approximate surface area is 188 Å². The number of benzene rings is 1. The van der Waals surface area contributed by atoms with E-state index in [1.54, 1.807) is 6.20 Å². The number of amides is 1. The van der Waals surface area contributed by atoms with Gasteiger partial charge in [0.15, 0.2) is 0 Å². The third-order valence-electron chi connectivity index (χ3n) is 6.54. The molecule has 4 aromatic rings. The summed E-state index contributed by atoms with van der Waals surface area (Å²) in [6.07, 6.45) is 10.5. The molecule has 0 unspecified atom stereocenters. The first-order chi connectivity index (χ1) is 15.8. The van der Waals surface area contributed by atoms with Crippen molar-refractivity contribution in [3.8, 4) is 11.3 Å². The molecule has 1 aliphatic rings. The van der Waals surface area contributed by atoms with Gasteiger partial charge in [-0.1, -0.05) is 30.3 Å². The monoisotopic (exact) mass is 427 g/mol. The van der Waals surface area contributed by atoms with Crippen molar-refractivity contribution < 1.29 is 4.79 Å². The second kappa shape index (κ2) is 9.39. The average Bonchev–Trinajstić information content (AvgIpc) is 3.51. The molecule has 4 heterocycles. The molecule has 6 nitrogen and oxygen atoms in total. The van der Waals surface area contributed by atoms with Crippen molar-refractivity contribution in [2.75, 3.05) is 13.1 Å². The van der Waals surface area contributed by atoms with Crippen molar-refractivity contribution in [1.82, 2.24) is 24.6 Å². The van der Waals surface area contributed by atoms with Crippen LogP contribution in [-0.4, -0.2) is 43.6 Å². The summed E-state index contributed by atoms with van der Waals surface area (Å²) in [6.45, 7) is 2.72. The summed E-state index contributed by atoms with van der Waals surface area (Å²) in [6, 6.07) is 16.7. The van der Waals surface area contributed by atoms with Gasteiger partial charge in [0.25, 0.3) is 0 Å². The maximum atomic E-state index is 12.6. The molecular weight excluding hydrogens is 398 g/mol. The molecule has 0 saturated carbocycles. The molecule has 0 radical (unpaired) electrons. The minimum atomic E-state index is 0.307. The van der Waals surface area contributed by atoms with Crippen LogP contribution in [0.2, 0.25) is 0 Å². The third kappa shape index (κ3) is 4.59. The van der Waals surface area contributed by atoms with Gasteiger partial charge in [0.05, 0.1) is 22.9 Å². The average molecular weight is 428 g/mol. The Bertz CT molecular complexity index is 1160. The fourth-order valence-electron chi connectivity index (χ4n) is 4.67. The Morgan fingerprint density at radius 3 is 2.69 bits per heavy atom. The van der Waals surface area contributed by atoms with Crippen LogP contribution in [0.4, 0.5) is 0 Å². The van der Waals surface area contributed by atoms with Crippen LogP contribution in [0.25, 0.3) is 22.3 Å². The highest BCUT2D eigenvalue weighted by molar-refractivity contribution is 5.79. The Hall–Kier alpha value is -3.41. The number of aromatic amines is 1. The number of H-pyrrole nitrogens is 1. The number of likely N-dealkylation sites (tertiary alicyclic amines) is 1. The molecule has 0 spiro atoms. The van der Waals surface area contributed by atoms with Gasteiger partial charge in [-0.3, -0.25) is 9.89 Å². The second-order valence-corrected chi connectivity index (χ2v) is 8.72. The lowest BCUT2D eigenvalue weighted by Crippen LogP contribution is -2.39. The van der Waals surface area contributed by atoms with E-state index < -0.39 is 0 Å². The van der Waals surface area contributed by atoms with E-state index in [4.69, 9.17) is 4.98 Å². The van der Waals surface area contributed by atoms with Gasteiger partial charge in [-0.2, -0.15) is 5.10 Å². The summed E-state index contributed by atoms with van der Waals surface area (Å²) in [5.74, 6) is 0.897. The molecule has 0 bridgehead atoms. The molecule has 1 aliphatic heterocycles. The molecule has 1 N–H and O–H groups in total. The first kappa shape index (κ1) is 20.5. The van der Waals surface area contributed by atoms with Crippen LogP contribution in [0.3, 0.4) is 0 Å². The first-order valence-electron chi connectivity index (χ1n) is 11.5. The van der Waals surface area contributed by atoms with Gasteiger partial charge in [0.1, 0.15) is 0 Å². The number of nitrogens with zero attached hydrogens (tertiary/aromatic N) is 4. The van der Waals surface area contributed by atoms with Crippen molar-refractivity contribution >= 4 is 16.9 Å². The van der Waals surface area contributed by atoms with Crippen LogP contribution < -0.4 is 0 Å². The molecule has 6 heteroatoms. The zero-order valence-corrected chi connectivity index (χ0v) is 18.3. The van der Waals surface area contributed by atoms with E-state index in [1.807, 2.05) is 12.3 Å². The molecule has 5 rings (SSSR count). The quantitative estimate of drug-likeness (QED) is 0.465. The van der Waals surface area contributed by atoms with Gasteiger partial charge < -0.3 is 9.47 Å². The highest BCUT2D eigenvalue weighted by atomic mass is 16.2. The lowest BCUT2D eigenvalue weighted by Gasteiger charge is -2.32. The number of nitrogens with one attached hydrogen (secondary N) is 1. The Balaban J connectivity index is 1.12. The zero-order valence-electron chi connectivity index (χ0n) is 18.3. The van der Waals surface area contributed by atoms with E-state index in [1.165, 1.54) is 5.56 Å².